The Morgan fingerprint density at radius 2 is 2.26 bits per heavy atom. The van der Waals surface area contributed by atoms with Gasteiger partial charge in [-0.2, -0.15) is 5.10 Å². The van der Waals surface area contributed by atoms with Gasteiger partial charge in [-0.1, -0.05) is 6.07 Å². The van der Waals surface area contributed by atoms with Crippen LogP contribution in [0.5, 0.6) is 0 Å². The summed E-state index contributed by atoms with van der Waals surface area (Å²) < 4.78 is 1.58. The average Bonchev–Trinajstić information content (AvgIpc) is 2.77. The highest BCUT2D eigenvalue weighted by atomic mass is 16.2. The van der Waals surface area contributed by atoms with Crippen LogP contribution in [0.1, 0.15) is 28.8 Å². The molecule has 0 aliphatic rings. The summed E-state index contributed by atoms with van der Waals surface area (Å²) in [7, 11) is 0. The Balaban J connectivity index is 2.07. The second-order valence-corrected chi connectivity index (χ2v) is 4.22. The molecule has 0 bridgehead atoms. The van der Waals surface area contributed by atoms with Gasteiger partial charge in [0.1, 0.15) is 5.69 Å². The number of hydrogen-bond acceptors (Lipinski definition) is 4. The number of nitrogens with one attached hydrogen (secondary N) is 1. The zero-order valence-electron chi connectivity index (χ0n) is 11.1. The number of carbonyl (C=O) groups excluding carboxylic acids is 1. The fourth-order valence-corrected chi connectivity index (χ4v) is 1.84. The SMILES string of the molecule is CCn1ncc(N)c1C(=O)NCc1cccc(C)n1. The quantitative estimate of drug-likeness (QED) is 0.861. The fourth-order valence-electron chi connectivity index (χ4n) is 1.84. The van der Waals surface area contributed by atoms with Gasteiger partial charge in [0.15, 0.2) is 0 Å². The third kappa shape index (κ3) is 2.90. The molecule has 2 rings (SSSR count). The van der Waals surface area contributed by atoms with Gasteiger partial charge in [-0.05, 0) is 26.0 Å². The summed E-state index contributed by atoms with van der Waals surface area (Å²) >= 11 is 0. The lowest BCUT2D eigenvalue weighted by Crippen LogP contribution is -2.27. The molecule has 0 atom stereocenters. The maximum atomic E-state index is 12.1. The summed E-state index contributed by atoms with van der Waals surface area (Å²) in [4.78, 5) is 16.4. The van der Waals surface area contributed by atoms with Crippen LogP contribution in [0.2, 0.25) is 0 Å². The molecule has 0 fully saturated rings. The van der Waals surface area contributed by atoms with Crippen LogP contribution in [0, 0.1) is 6.92 Å². The first-order valence-electron chi connectivity index (χ1n) is 6.13. The van der Waals surface area contributed by atoms with E-state index in [0.717, 1.165) is 11.4 Å². The molecule has 19 heavy (non-hydrogen) atoms. The molecule has 0 radical (unpaired) electrons. The van der Waals surface area contributed by atoms with Gasteiger partial charge in [0.2, 0.25) is 0 Å². The molecule has 0 aliphatic heterocycles. The van der Waals surface area contributed by atoms with Crippen molar-refractivity contribution in [1.29, 1.82) is 0 Å². The molecule has 0 aromatic carbocycles. The lowest BCUT2D eigenvalue weighted by molar-refractivity contribution is 0.0940. The Labute approximate surface area is 111 Å². The monoisotopic (exact) mass is 259 g/mol. The average molecular weight is 259 g/mol. The maximum absolute atomic E-state index is 12.1. The lowest BCUT2D eigenvalue weighted by atomic mass is 10.3. The molecule has 100 valence electrons. The third-order valence-electron chi connectivity index (χ3n) is 2.76. The van der Waals surface area contributed by atoms with Gasteiger partial charge >= 0.3 is 0 Å². The smallest absolute Gasteiger partial charge is 0.272 e. The number of nitrogen functional groups attached to an aromatic ring is 1. The molecule has 2 heterocycles. The van der Waals surface area contributed by atoms with Crippen LogP contribution in [-0.2, 0) is 13.1 Å². The van der Waals surface area contributed by atoms with E-state index in [1.165, 1.54) is 6.20 Å². The number of pyridine rings is 1. The van der Waals surface area contributed by atoms with Crippen LogP contribution in [0.4, 0.5) is 5.69 Å². The second kappa shape index (κ2) is 5.51. The normalized spacial score (nSPS) is 10.4. The number of rotatable bonds is 4. The molecule has 0 saturated heterocycles. The van der Waals surface area contributed by atoms with Gasteiger partial charge in [-0.3, -0.25) is 14.5 Å². The Morgan fingerprint density at radius 3 is 2.95 bits per heavy atom. The first kappa shape index (κ1) is 13.1. The molecule has 1 amide bonds. The lowest BCUT2D eigenvalue weighted by Gasteiger charge is -2.07. The van der Waals surface area contributed by atoms with Crippen LogP contribution >= 0.6 is 0 Å². The molecule has 0 unspecified atom stereocenters. The van der Waals surface area contributed by atoms with Gasteiger partial charge in [0.05, 0.1) is 24.1 Å². The maximum Gasteiger partial charge on any atom is 0.272 e. The highest BCUT2D eigenvalue weighted by molar-refractivity contribution is 5.97. The van der Waals surface area contributed by atoms with Crippen LogP contribution in [0.3, 0.4) is 0 Å². The van der Waals surface area contributed by atoms with Gasteiger partial charge in [0, 0.05) is 12.2 Å². The van der Waals surface area contributed by atoms with Crippen molar-refractivity contribution in [2.45, 2.75) is 26.9 Å². The van der Waals surface area contributed by atoms with E-state index >= 15 is 0 Å². The largest absolute Gasteiger partial charge is 0.396 e. The minimum atomic E-state index is -0.236. The molecule has 6 nitrogen and oxygen atoms in total. The van der Waals surface area contributed by atoms with E-state index in [1.807, 2.05) is 32.0 Å². The van der Waals surface area contributed by atoms with Crippen molar-refractivity contribution < 1.29 is 4.79 Å². The van der Waals surface area contributed by atoms with Crippen molar-refractivity contribution in [3.05, 3.63) is 41.5 Å². The van der Waals surface area contributed by atoms with Crippen LogP contribution in [0.15, 0.2) is 24.4 Å². The number of nitrogens with two attached hydrogens (primary N) is 1. The van der Waals surface area contributed by atoms with Crippen LogP contribution < -0.4 is 11.1 Å². The van der Waals surface area contributed by atoms with Gasteiger partial charge in [-0.15, -0.1) is 0 Å². The molecular formula is C13H17N5O. The van der Waals surface area contributed by atoms with Gasteiger partial charge in [0.25, 0.3) is 5.91 Å². The topological polar surface area (TPSA) is 85.8 Å². The molecule has 0 spiro atoms. The van der Waals surface area contributed by atoms with Gasteiger partial charge in [-0.25, -0.2) is 0 Å². The van der Waals surface area contributed by atoms with Crippen LogP contribution in [0.25, 0.3) is 0 Å². The Hall–Kier alpha value is -2.37. The first-order valence-corrected chi connectivity index (χ1v) is 6.13. The van der Waals surface area contributed by atoms with Crippen molar-refractivity contribution in [2.75, 3.05) is 5.73 Å². The summed E-state index contributed by atoms with van der Waals surface area (Å²) in [5.41, 5.74) is 8.27. The molecule has 0 saturated carbocycles. The van der Waals surface area contributed by atoms with E-state index < -0.39 is 0 Å². The second-order valence-electron chi connectivity index (χ2n) is 4.22. The number of aryl methyl sites for hydroxylation is 2. The predicted octanol–water partition coefficient (Wildman–Crippen LogP) is 1.12. The minimum absolute atomic E-state index is 0.236. The summed E-state index contributed by atoms with van der Waals surface area (Å²) in [5, 5.41) is 6.84. The summed E-state index contributed by atoms with van der Waals surface area (Å²) in [6, 6.07) is 5.69. The highest BCUT2D eigenvalue weighted by Gasteiger charge is 2.15. The fraction of sp³-hybridized carbons (Fsp3) is 0.308. The Kier molecular flexibility index (Phi) is 3.79. The van der Waals surface area contributed by atoms with E-state index in [1.54, 1.807) is 4.68 Å². The van der Waals surface area contributed by atoms with Crippen LogP contribution in [-0.4, -0.2) is 20.7 Å². The number of nitrogens with zero attached hydrogens (tertiary/aromatic N) is 3. The van der Waals surface area contributed by atoms with Crippen molar-refractivity contribution in [1.82, 2.24) is 20.1 Å². The van der Waals surface area contributed by atoms with Crippen molar-refractivity contribution in [3.63, 3.8) is 0 Å². The molecular weight excluding hydrogens is 242 g/mol. The number of anilines is 1. The molecule has 6 heteroatoms. The molecule has 0 aliphatic carbocycles. The standard InChI is InChI=1S/C13H17N5O/c1-3-18-12(11(14)8-16-18)13(19)15-7-10-6-4-5-9(2)17-10/h4-6,8H,3,7,14H2,1-2H3,(H,15,19). The summed E-state index contributed by atoms with van der Waals surface area (Å²) in [6.07, 6.45) is 1.49. The van der Waals surface area contributed by atoms with Crippen molar-refractivity contribution in [3.8, 4) is 0 Å². The Bertz CT molecular complexity index is 590. The van der Waals surface area contributed by atoms with Gasteiger partial charge < -0.3 is 11.1 Å². The number of carbonyl (C=O) groups is 1. The van der Waals surface area contributed by atoms with E-state index in [9.17, 15) is 4.79 Å². The zero-order chi connectivity index (χ0) is 13.8. The van der Waals surface area contributed by atoms with E-state index in [0.29, 0.717) is 24.5 Å². The molecule has 3 N–H and O–H groups in total. The molecule has 2 aromatic rings. The number of hydrogen-bond donors (Lipinski definition) is 2. The third-order valence-corrected chi connectivity index (χ3v) is 2.76. The predicted molar refractivity (Wildman–Crippen MR) is 72.5 cm³/mol. The molecule has 2 aromatic heterocycles. The van der Waals surface area contributed by atoms with E-state index in [-0.39, 0.29) is 5.91 Å². The summed E-state index contributed by atoms with van der Waals surface area (Å²) in [5.74, 6) is -0.236. The number of aromatic nitrogens is 3. The van der Waals surface area contributed by atoms with E-state index in [4.69, 9.17) is 5.73 Å². The highest BCUT2D eigenvalue weighted by Crippen LogP contribution is 2.10. The van der Waals surface area contributed by atoms with Crippen molar-refractivity contribution >= 4 is 11.6 Å². The number of amides is 1. The minimum Gasteiger partial charge on any atom is -0.396 e. The van der Waals surface area contributed by atoms with Crippen molar-refractivity contribution in [2.24, 2.45) is 0 Å². The zero-order valence-corrected chi connectivity index (χ0v) is 11.1. The summed E-state index contributed by atoms with van der Waals surface area (Å²) in [6.45, 7) is 4.79. The Morgan fingerprint density at radius 1 is 1.47 bits per heavy atom. The van der Waals surface area contributed by atoms with E-state index in [2.05, 4.69) is 15.4 Å². The first-order chi connectivity index (χ1) is 9.11.